The number of rotatable bonds is 31. The fourth-order valence-electron chi connectivity index (χ4n) is 5.47. The Morgan fingerprint density at radius 1 is 0.746 bits per heavy atom. The Labute approximate surface area is 359 Å². The van der Waals surface area contributed by atoms with Crippen molar-refractivity contribution in [3.8, 4) is 0 Å². The Morgan fingerprint density at radius 3 is 1.86 bits per heavy atom. The van der Waals surface area contributed by atoms with Gasteiger partial charge in [0.1, 0.15) is 55.1 Å². The molecule has 1 rings (SSSR count). The van der Waals surface area contributed by atoms with Gasteiger partial charge < -0.3 is 72.4 Å². The molecule has 27 heteroatoms. The van der Waals surface area contributed by atoms with E-state index in [2.05, 4.69) is 42.2 Å². The van der Waals surface area contributed by atoms with Crippen LogP contribution in [-0.2, 0) is 60.9 Å². The molecule has 1 heterocycles. The van der Waals surface area contributed by atoms with Gasteiger partial charge in [-0.2, -0.15) is 0 Å². The van der Waals surface area contributed by atoms with Crippen LogP contribution in [0.1, 0.15) is 65.5 Å². The molecule has 13 N–H and O–H groups in total. The standard InChI is InChI=1S/C36H58FN9O17/c1-17(2)29(36(62)42-23(13-28(54)55)34(60)39-18(3)32(58)38-10-11-63-24(16-47)31(57)30(56)19(4)48)43-33(59)21(7-8-26(50)51)41-35(61)22(12-27(52)53)40-25(49)15-46-14-20(44-45-46)6-5-9-37/h14,17-19,21-24,29-31,47-48,56-57H,5-13,15-16H2,1-4H3,(H,38,58)(H,39,60)(H,40,49)(H,41,61)(H,42,62)(H,43,59)(H,50,51)(H,52,53)(H,54,55)/t18-,19-,21-,22-,23-,24+,29-,30?,31?/m0/s1. The number of aliphatic hydroxyl groups excluding tert-OH is 4. The first-order valence-corrected chi connectivity index (χ1v) is 19.7. The molecule has 1 aromatic rings. The molecule has 0 aliphatic rings. The number of amides is 6. The van der Waals surface area contributed by atoms with Crippen LogP contribution in [0.4, 0.5) is 4.39 Å². The Kier molecular flexibility index (Phi) is 24.4. The average molecular weight is 908 g/mol. The minimum absolute atomic E-state index is 0.152. The lowest BCUT2D eigenvalue weighted by molar-refractivity contribution is -0.142. The maximum atomic E-state index is 13.5. The third-order valence-electron chi connectivity index (χ3n) is 8.92. The van der Waals surface area contributed by atoms with Crippen LogP contribution in [0.3, 0.4) is 0 Å². The van der Waals surface area contributed by atoms with Gasteiger partial charge in [0.15, 0.2) is 0 Å². The molecule has 63 heavy (non-hydrogen) atoms. The summed E-state index contributed by atoms with van der Waals surface area (Å²) in [6.45, 7) is 2.84. The maximum Gasteiger partial charge on any atom is 0.305 e. The number of halogens is 1. The molecule has 0 aliphatic heterocycles. The number of ether oxygens (including phenoxy) is 1. The molecule has 0 aliphatic carbocycles. The molecule has 0 bridgehead atoms. The minimum atomic E-state index is -1.83. The van der Waals surface area contributed by atoms with Crippen LogP contribution in [0.25, 0.3) is 0 Å². The molecule has 0 saturated heterocycles. The van der Waals surface area contributed by atoms with Gasteiger partial charge in [-0.1, -0.05) is 19.1 Å². The van der Waals surface area contributed by atoms with E-state index < -0.39 is 159 Å². The summed E-state index contributed by atoms with van der Waals surface area (Å²) in [6, 6.07) is -8.30. The molecule has 2 unspecified atom stereocenters. The van der Waals surface area contributed by atoms with Gasteiger partial charge >= 0.3 is 17.9 Å². The Bertz CT molecular complexity index is 1710. The number of carbonyl (C=O) groups is 9. The minimum Gasteiger partial charge on any atom is -0.481 e. The number of aliphatic hydroxyl groups is 4. The highest BCUT2D eigenvalue weighted by Crippen LogP contribution is 2.10. The summed E-state index contributed by atoms with van der Waals surface area (Å²) in [5, 5.41) is 87.9. The molecule has 0 aromatic carbocycles. The van der Waals surface area contributed by atoms with Crippen LogP contribution in [0.5, 0.6) is 0 Å². The zero-order valence-electron chi connectivity index (χ0n) is 35.1. The number of carbonyl (C=O) groups excluding carboxylic acids is 6. The Hall–Kier alpha value is -5.90. The van der Waals surface area contributed by atoms with Crippen LogP contribution in [-0.4, -0.2) is 185 Å². The molecule has 0 spiro atoms. The van der Waals surface area contributed by atoms with Crippen molar-refractivity contribution in [3.05, 3.63) is 11.9 Å². The van der Waals surface area contributed by atoms with E-state index in [0.717, 1.165) is 4.68 Å². The number of carboxylic acids is 3. The van der Waals surface area contributed by atoms with Gasteiger partial charge in [0, 0.05) is 19.2 Å². The molecular formula is C36H58FN9O17. The summed E-state index contributed by atoms with van der Waals surface area (Å²) in [6.07, 6.45) is -7.60. The number of hydrogen-bond acceptors (Lipinski definition) is 16. The maximum absolute atomic E-state index is 13.5. The summed E-state index contributed by atoms with van der Waals surface area (Å²) < 4.78 is 18.8. The molecular weight excluding hydrogens is 849 g/mol. The predicted octanol–water partition coefficient (Wildman–Crippen LogP) is -5.31. The second kappa shape index (κ2) is 27.9. The van der Waals surface area contributed by atoms with Gasteiger partial charge in [-0.15, -0.1) is 5.10 Å². The lowest BCUT2D eigenvalue weighted by Gasteiger charge is -2.28. The highest BCUT2D eigenvalue weighted by atomic mass is 19.1. The fraction of sp³-hybridized carbons (Fsp3) is 0.694. The van der Waals surface area contributed by atoms with Crippen molar-refractivity contribution in [2.24, 2.45) is 5.92 Å². The van der Waals surface area contributed by atoms with Crippen molar-refractivity contribution >= 4 is 53.4 Å². The molecule has 0 radical (unpaired) electrons. The number of aromatic nitrogens is 3. The summed E-state index contributed by atoms with van der Waals surface area (Å²) in [7, 11) is 0. The van der Waals surface area contributed by atoms with Crippen LogP contribution in [0, 0.1) is 5.92 Å². The van der Waals surface area contributed by atoms with Crippen LogP contribution in [0.15, 0.2) is 6.20 Å². The van der Waals surface area contributed by atoms with Crippen molar-refractivity contribution < 1.29 is 88.0 Å². The highest BCUT2D eigenvalue weighted by molar-refractivity contribution is 5.98. The number of nitrogens with zero attached hydrogens (tertiary/aromatic N) is 3. The van der Waals surface area contributed by atoms with E-state index in [0.29, 0.717) is 5.69 Å². The molecule has 6 amide bonds. The third-order valence-corrected chi connectivity index (χ3v) is 8.92. The van der Waals surface area contributed by atoms with E-state index in [1.54, 1.807) is 0 Å². The zero-order chi connectivity index (χ0) is 48.0. The van der Waals surface area contributed by atoms with Crippen molar-refractivity contribution in [3.63, 3.8) is 0 Å². The molecule has 26 nitrogen and oxygen atoms in total. The Balaban J connectivity index is 3.07. The van der Waals surface area contributed by atoms with E-state index in [1.165, 1.54) is 33.9 Å². The lowest BCUT2D eigenvalue weighted by Crippen LogP contribution is -2.60. The van der Waals surface area contributed by atoms with E-state index in [-0.39, 0.29) is 26.0 Å². The number of carboxylic acid groups (broad SMARTS) is 3. The number of hydrogen-bond donors (Lipinski definition) is 13. The first-order chi connectivity index (χ1) is 29.5. The summed E-state index contributed by atoms with van der Waals surface area (Å²) in [5.41, 5.74) is 0.364. The topological polar surface area (TPSA) is 407 Å². The third kappa shape index (κ3) is 20.7. The monoisotopic (exact) mass is 907 g/mol. The molecule has 0 saturated carbocycles. The highest BCUT2D eigenvalue weighted by Gasteiger charge is 2.35. The van der Waals surface area contributed by atoms with Crippen LogP contribution >= 0.6 is 0 Å². The van der Waals surface area contributed by atoms with E-state index in [1.807, 2.05) is 0 Å². The van der Waals surface area contributed by atoms with Gasteiger partial charge in [0.05, 0.1) is 44.5 Å². The van der Waals surface area contributed by atoms with E-state index >= 15 is 0 Å². The molecule has 0 fully saturated rings. The van der Waals surface area contributed by atoms with E-state index in [9.17, 15) is 83.3 Å². The summed E-state index contributed by atoms with van der Waals surface area (Å²) in [4.78, 5) is 114. The number of aryl methyl sites for hydroxylation is 1. The Morgan fingerprint density at radius 2 is 1.32 bits per heavy atom. The largest absolute Gasteiger partial charge is 0.481 e. The number of nitrogens with one attached hydrogen (secondary N) is 6. The molecule has 1 aromatic heterocycles. The van der Waals surface area contributed by atoms with Gasteiger partial charge in [-0.05, 0) is 39.0 Å². The van der Waals surface area contributed by atoms with E-state index in [4.69, 9.17) is 4.74 Å². The lowest BCUT2D eigenvalue weighted by atomic mass is 10.0. The summed E-state index contributed by atoms with van der Waals surface area (Å²) in [5.74, 6) is -11.7. The van der Waals surface area contributed by atoms with Crippen molar-refractivity contribution in [2.75, 3.05) is 26.4 Å². The first kappa shape index (κ1) is 55.1. The second-order valence-electron chi connectivity index (χ2n) is 14.6. The second-order valence-corrected chi connectivity index (χ2v) is 14.6. The zero-order valence-corrected chi connectivity index (χ0v) is 35.1. The number of aliphatic carboxylic acids is 3. The van der Waals surface area contributed by atoms with Gasteiger partial charge in [0.25, 0.3) is 0 Å². The van der Waals surface area contributed by atoms with Crippen LogP contribution in [0.2, 0.25) is 0 Å². The van der Waals surface area contributed by atoms with Gasteiger partial charge in [-0.3, -0.25) is 47.5 Å². The predicted molar refractivity (Wildman–Crippen MR) is 209 cm³/mol. The first-order valence-electron chi connectivity index (χ1n) is 19.7. The average Bonchev–Trinajstić information content (AvgIpc) is 3.65. The van der Waals surface area contributed by atoms with Gasteiger partial charge in [0.2, 0.25) is 35.4 Å². The van der Waals surface area contributed by atoms with Crippen molar-refractivity contribution in [1.29, 1.82) is 0 Å². The molecule has 9 atom stereocenters. The number of alkyl halides is 1. The smallest absolute Gasteiger partial charge is 0.305 e. The SMILES string of the molecule is CC(C)[C@H](NC(=O)[C@H](CCC(=O)O)NC(=O)[C@H](CC(=O)O)NC(=O)Cn1cc(CCCF)nn1)C(=O)N[C@@H](CC(=O)O)C(=O)N[C@@H](C)C(=O)NCCO[C@H](CO)C(O)C(O)[C@H](C)O. The quantitative estimate of drug-likeness (QED) is 0.0309. The van der Waals surface area contributed by atoms with Gasteiger partial charge in [-0.25, -0.2) is 4.68 Å². The van der Waals surface area contributed by atoms with Crippen molar-refractivity contribution in [2.45, 2.75) is 127 Å². The fourth-order valence-corrected chi connectivity index (χ4v) is 5.47. The van der Waals surface area contributed by atoms with Crippen molar-refractivity contribution in [1.82, 2.24) is 46.9 Å². The normalized spacial score (nSPS) is 15.5. The van der Waals surface area contributed by atoms with Crippen LogP contribution < -0.4 is 31.9 Å². The molecule has 356 valence electrons. The summed E-state index contributed by atoms with van der Waals surface area (Å²) >= 11 is 0.